The molecule has 0 aliphatic carbocycles. The molecule has 0 bridgehead atoms. The highest BCUT2D eigenvalue weighted by molar-refractivity contribution is 5.90. The molecule has 0 spiro atoms. The van der Waals surface area contributed by atoms with E-state index >= 15 is 0 Å². The number of rotatable bonds is 8. The van der Waals surface area contributed by atoms with Gasteiger partial charge in [-0.3, -0.25) is 9.59 Å². The van der Waals surface area contributed by atoms with Crippen LogP contribution in [0.4, 0.5) is 0 Å². The van der Waals surface area contributed by atoms with Crippen molar-refractivity contribution in [1.29, 1.82) is 0 Å². The lowest BCUT2D eigenvalue weighted by atomic mass is 9.77. The number of carbonyl (C=O) groups is 2. The van der Waals surface area contributed by atoms with Crippen LogP contribution in [0.2, 0.25) is 0 Å². The maximum Gasteiger partial charge on any atom is 0.171 e. The van der Waals surface area contributed by atoms with Gasteiger partial charge in [0.1, 0.15) is 12.2 Å². The maximum absolute atomic E-state index is 13.2. The lowest BCUT2D eigenvalue weighted by molar-refractivity contribution is -0.138. The molecule has 0 aliphatic heterocycles. The molecular weight excluding hydrogens is 364 g/mol. The van der Waals surface area contributed by atoms with Crippen molar-refractivity contribution in [3.05, 3.63) is 71.3 Å². The second kappa shape index (κ2) is 9.02. The quantitative estimate of drug-likeness (QED) is 0.692. The van der Waals surface area contributed by atoms with Gasteiger partial charge in [-0.05, 0) is 23.1 Å². The van der Waals surface area contributed by atoms with Gasteiger partial charge < -0.3 is 9.84 Å². The molecule has 0 saturated carbocycles. The predicted octanol–water partition coefficient (Wildman–Crippen LogP) is 4.86. The van der Waals surface area contributed by atoms with E-state index in [2.05, 4.69) is 0 Å². The molecule has 0 radical (unpaired) electrons. The number of ketones is 2. The van der Waals surface area contributed by atoms with Gasteiger partial charge in [0.15, 0.2) is 11.6 Å². The van der Waals surface area contributed by atoms with Gasteiger partial charge in [0.05, 0.1) is 0 Å². The van der Waals surface area contributed by atoms with Crippen molar-refractivity contribution in [1.82, 2.24) is 0 Å². The van der Waals surface area contributed by atoms with Gasteiger partial charge >= 0.3 is 0 Å². The Morgan fingerprint density at radius 3 is 2.03 bits per heavy atom. The van der Waals surface area contributed by atoms with Crippen LogP contribution in [0.3, 0.4) is 0 Å². The second-order valence-corrected chi connectivity index (χ2v) is 9.21. The Morgan fingerprint density at radius 1 is 0.897 bits per heavy atom. The first-order valence-corrected chi connectivity index (χ1v) is 9.90. The zero-order valence-electron chi connectivity index (χ0n) is 18.2. The van der Waals surface area contributed by atoms with Crippen LogP contribution in [0, 0.1) is 10.8 Å². The molecule has 0 aromatic heterocycles. The van der Waals surface area contributed by atoms with E-state index in [1.807, 2.05) is 62.4 Å². The standard InChI is InChI=1S/C25H32O4/c1-24(2,3)22(27)20(26)19-14-10-11-17(15-19)16-25(4,5)23(28)21(29-6)18-12-8-7-9-13-18/h7-15,20-21,26H,16H2,1-6H3. The van der Waals surface area contributed by atoms with Crippen molar-refractivity contribution in [2.75, 3.05) is 7.11 Å². The third-order valence-corrected chi connectivity index (χ3v) is 5.14. The summed E-state index contributed by atoms with van der Waals surface area (Å²) in [5.41, 5.74) is 0.953. The molecule has 0 saturated heterocycles. The minimum atomic E-state index is -1.18. The number of carbonyl (C=O) groups excluding carboxylic acids is 2. The zero-order valence-corrected chi connectivity index (χ0v) is 18.2. The van der Waals surface area contributed by atoms with Crippen LogP contribution in [0.5, 0.6) is 0 Å². The molecule has 156 valence electrons. The summed E-state index contributed by atoms with van der Waals surface area (Å²) >= 11 is 0. The lowest BCUT2D eigenvalue weighted by Gasteiger charge is -2.28. The van der Waals surface area contributed by atoms with Crippen LogP contribution < -0.4 is 0 Å². The minimum absolute atomic E-state index is 0.0112. The van der Waals surface area contributed by atoms with E-state index < -0.39 is 23.0 Å². The van der Waals surface area contributed by atoms with Crippen molar-refractivity contribution >= 4 is 11.6 Å². The Bertz CT molecular complexity index is 847. The molecule has 29 heavy (non-hydrogen) atoms. The van der Waals surface area contributed by atoms with Gasteiger partial charge in [0.25, 0.3) is 0 Å². The fourth-order valence-electron chi connectivity index (χ4n) is 3.41. The average Bonchev–Trinajstić information content (AvgIpc) is 2.67. The second-order valence-electron chi connectivity index (χ2n) is 9.21. The Hall–Kier alpha value is -2.30. The monoisotopic (exact) mass is 396 g/mol. The molecule has 0 heterocycles. The number of methoxy groups -OCH3 is 1. The molecule has 0 amide bonds. The van der Waals surface area contributed by atoms with Crippen molar-refractivity contribution in [3.63, 3.8) is 0 Å². The van der Waals surface area contributed by atoms with E-state index in [1.165, 1.54) is 0 Å². The van der Waals surface area contributed by atoms with Crippen LogP contribution >= 0.6 is 0 Å². The molecule has 4 nitrogen and oxygen atoms in total. The van der Waals surface area contributed by atoms with E-state index in [0.717, 1.165) is 11.1 Å². The highest BCUT2D eigenvalue weighted by Gasteiger charge is 2.35. The van der Waals surface area contributed by atoms with E-state index in [9.17, 15) is 14.7 Å². The summed E-state index contributed by atoms with van der Waals surface area (Å²) in [5, 5.41) is 10.5. The topological polar surface area (TPSA) is 63.6 Å². The van der Waals surface area contributed by atoms with E-state index in [4.69, 9.17) is 4.74 Å². The fraction of sp³-hybridized carbons (Fsp3) is 0.440. The lowest BCUT2D eigenvalue weighted by Crippen LogP contribution is -2.33. The number of aliphatic hydroxyl groups is 1. The van der Waals surface area contributed by atoms with Crippen molar-refractivity contribution < 1.29 is 19.4 Å². The average molecular weight is 397 g/mol. The predicted molar refractivity (Wildman–Crippen MR) is 115 cm³/mol. The molecule has 0 fully saturated rings. The van der Waals surface area contributed by atoms with Gasteiger partial charge in [-0.25, -0.2) is 0 Å². The number of ether oxygens (including phenoxy) is 1. The van der Waals surface area contributed by atoms with Gasteiger partial charge in [-0.1, -0.05) is 89.2 Å². The van der Waals surface area contributed by atoms with Crippen LogP contribution in [0.1, 0.15) is 63.5 Å². The van der Waals surface area contributed by atoms with Crippen molar-refractivity contribution in [2.45, 2.75) is 53.2 Å². The molecule has 2 rings (SSSR count). The number of hydrogen-bond acceptors (Lipinski definition) is 4. The first kappa shape index (κ1) is 23.0. The van der Waals surface area contributed by atoms with E-state index in [-0.39, 0.29) is 11.6 Å². The van der Waals surface area contributed by atoms with Gasteiger partial charge in [-0.2, -0.15) is 0 Å². The zero-order chi connectivity index (χ0) is 21.8. The van der Waals surface area contributed by atoms with E-state index in [0.29, 0.717) is 12.0 Å². The van der Waals surface area contributed by atoms with Crippen molar-refractivity contribution in [2.24, 2.45) is 10.8 Å². The number of benzene rings is 2. The number of hydrogen-bond donors (Lipinski definition) is 1. The van der Waals surface area contributed by atoms with Gasteiger partial charge in [-0.15, -0.1) is 0 Å². The van der Waals surface area contributed by atoms with Crippen molar-refractivity contribution in [3.8, 4) is 0 Å². The summed E-state index contributed by atoms with van der Waals surface area (Å²) in [4.78, 5) is 25.7. The van der Waals surface area contributed by atoms with Crippen LogP contribution in [-0.2, 0) is 20.7 Å². The Morgan fingerprint density at radius 2 is 1.48 bits per heavy atom. The molecule has 0 aliphatic rings. The molecular formula is C25H32O4. The third-order valence-electron chi connectivity index (χ3n) is 5.14. The SMILES string of the molecule is COC(C(=O)C(C)(C)Cc1cccc(C(O)C(=O)C(C)(C)C)c1)c1ccccc1. The smallest absolute Gasteiger partial charge is 0.171 e. The number of Topliss-reactive ketones (excluding diaryl/α,β-unsaturated/α-hetero) is 2. The van der Waals surface area contributed by atoms with Crippen LogP contribution in [0.15, 0.2) is 54.6 Å². The third kappa shape index (κ3) is 5.62. The van der Waals surface area contributed by atoms with E-state index in [1.54, 1.807) is 33.9 Å². The molecule has 1 N–H and O–H groups in total. The normalized spacial score (nSPS) is 14.3. The minimum Gasteiger partial charge on any atom is -0.381 e. The molecule has 2 atom stereocenters. The fourth-order valence-corrected chi connectivity index (χ4v) is 3.41. The molecule has 4 heteroatoms. The number of aliphatic hydroxyl groups excluding tert-OH is 1. The molecule has 2 aromatic carbocycles. The van der Waals surface area contributed by atoms with Gasteiger partial charge in [0.2, 0.25) is 0 Å². The summed E-state index contributed by atoms with van der Waals surface area (Å²) < 4.78 is 5.52. The maximum atomic E-state index is 13.2. The highest BCUT2D eigenvalue weighted by atomic mass is 16.5. The van der Waals surface area contributed by atoms with Crippen LogP contribution in [0.25, 0.3) is 0 Å². The highest BCUT2D eigenvalue weighted by Crippen LogP contribution is 2.33. The Kier molecular flexibility index (Phi) is 7.15. The summed E-state index contributed by atoms with van der Waals surface area (Å²) in [6, 6.07) is 16.7. The Balaban J connectivity index is 2.24. The first-order valence-electron chi connectivity index (χ1n) is 9.90. The molecule has 2 unspecified atom stereocenters. The summed E-state index contributed by atoms with van der Waals surface area (Å²) in [6.07, 6.45) is -1.34. The summed E-state index contributed by atoms with van der Waals surface area (Å²) in [7, 11) is 1.54. The molecule has 2 aromatic rings. The Labute approximate surface area is 173 Å². The largest absolute Gasteiger partial charge is 0.381 e. The van der Waals surface area contributed by atoms with Gasteiger partial charge in [0, 0.05) is 17.9 Å². The summed E-state index contributed by atoms with van der Waals surface area (Å²) in [5.74, 6) is -0.239. The summed E-state index contributed by atoms with van der Waals surface area (Å²) in [6.45, 7) is 9.16. The van der Waals surface area contributed by atoms with Crippen LogP contribution in [-0.4, -0.2) is 23.8 Å². The first-order chi connectivity index (χ1) is 13.5.